The highest BCUT2D eigenvalue weighted by atomic mass is 16.6. The molecule has 0 saturated heterocycles. The van der Waals surface area contributed by atoms with Crippen LogP contribution in [0, 0.1) is 0 Å². The van der Waals surface area contributed by atoms with Crippen LogP contribution in [-0.2, 0) is 28.6 Å². The fraction of sp³-hybridized carbons (Fsp3) is 0.789. The number of unbranched alkanes of at least 4 members (excludes halogenated alkanes) is 38. The van der Waals surface area contributed by atoms with Gasteiger partial charge in [-0.3, -0.25) is 14.4 Å². The highest BCUT2D eigenvalue weighted by Gasteiger charge is 2.19. The molecule has 1 unspecified atom stereocenters. The number of hydrogen-bond acceptors (Lipinski definition) is 6. The van der Waals surface area contributed by atoms with Gasteiger partial charge >= 0.3 is 17.9 Å². The zero-order valence-corrected chi connectivity index (χ0v) is 51.2. The molecule has 6 nitrogen and oxygen atoms in total. The molecule has 6 heteroatoms. The van der Waals surface area contributed by atoms with Crippen molar-refractivity contribution in [1.82, 2.24) is 0 Å². The van der Waals surface area contributed by atoms with E-state index in [0.29, 0.717) is 19.3 Å². The molecule has 0 fully saturated rings. The maximum absolute atomic E-state index is 12.9. The van der Waals surface area contributed by atoms with E-state index in [1.807, 2.05) is 0 Å². The second kappa shape index (κ2) is 65.4. The van der Waals surface area contributed by atoms with Crippen LogP contribution in [0.2, 0.25) is 0 Å². The smallest absolute Gasteiger partial charge is 0.306 e. The quantitative estimate of drug-likeness (QED) is 0.0261. The molecule has 0 rings (SSSR count). The number of esters is 3. The Kier molecular flexibility index (Phi) is 62.7. The van der Waals surface area contributed by atoms with Crippen LogP contribution in [0.1, 0.15) is 342 Å². The van der Waals surface area contributed by atoms with E-state index in [0.717, 1.165) is 83.5 Å². The lowest BCUT2D eigenvalue weighted by Gasteiger charge is -2.18. The second-order valence-corrected chi connectivity index (χ2v) is 22.4. The van der Waals surface area contributed by atoms with Crippen LogP contribution < -0.4 is 0 Å². The zero-order chi connectivity index (χ0) is 55.7. The summed E-state index contributed by atoms with van der Waals surface area (Å²) >= 11 is 0. The number of carbonyl (C=O) groups excluding carboxylic acids is 3. The predicted molar refractivity (Wildman–Crippen MR) is 335 cm³/mol. The number of allylic oxidation sites excluding steroid dienone is 12. The molecule has 0 aromatic rings. The Morgan fingerprint density at radius 1 is 0.260 bits per heavy atom. The molecule has 0 aliphatic carbocycles. The summed E-state index contributed by atoms with van der Waals surface area (Å²) in [4.78, 5) is 38.4. The predicted octanol–water partition coefficient (Wildman–Crippen LogP) is 22.9. The first kappa shape index (κ1) is 73.8. The Morgan fingerprint density at radius 3 is 0.766 bits per heavy atom. The normalized spacial score (nSPS) is 12.5. The molecule has 0 heterocycles. The third-order valence-corrected chi connectivity index (χ3v) is 14.7. The summed E-state index contributed by atoms with van der Waals surface area (Å²) in [5, 5.41) is 0. The Bertz CT molecular complexity index is 1420. The van der Waals surface area contributed by atoms with Gasteiger partial charge in [0.2, 0.25) is 0 Å². The first-order valence-electron chi connectivity index (χ1n) is 33.4. The van der Waals surface area contributed by atoms with E-state index < -0.39 is 6.10 Å². The van der Waals surface area contributed by atoms with Gasteiger partial charge in [-0.2, -0.15) is 0 Å². The number of rotatable bonds is 61. The van der Waals surface area contributed by atoms with Crippen molar-refractivity contribution < 1.29 is 28.6 Å². The molecule has 0 saturated carbocycles. The Labute approximate surface area is 478 Å². The fourth-order valence-electron chi connectivity index (χ4n) is 9.59. The van der Waals surface area contributed by atoms with Gasteiger partial charge in [0.25, 0.3) is 0 Å². The number of ether oxygens (including phenoxy) is 3. The van der Waals surface area contributed by atoms with E-state index in [1.54, 1.807) is 0 Å². The second-order valence-electron chi connectivity index (χ2n) is 22.4. The maximum atomic E-state index is 12.9. The summed E-state index contributed by atoms with van der Waals surface area (Å²) in [6.07, 6.45) is 84.8. The van der Waals surface area contributed by atoms with Gasteiger partial charge < -0.3 is 14.2 Å². The average Bonchev–Trinajstić information content (AvgIpc) is 3.43. The van der Waals surface area contributed by atoms with E-state index in [4.69, 9.17) is 14.2 Å². The molecule has 0 spiro atoms. The maximum Gasteiger partial charge on any atom is 0.306 e. The van der Waals surface area contributed by atoms with Gasteiger partial charge in [0.05, 0.1) is 0 Å². The van der Waals surface area contributed by atoms with Gasteiger partial charge in [0.1, 0.15) is 13.2 Å². The Hall–Kier alpha value is -3.15. The first-order chi connectivity index (χ1) is 38.0. The lowest BCUT2D eigenvalue weighted by Crippen LogP contribution is -2.30. The summed E-state index contributed by atoms with van der Waals surface area (Å²) < 4.78 is 17.0. The number of carbonyl (C=O) groups is 3. The van der Waals surface area contributed by atoms with Crippen LogP contribution in [0.3, 0.4) is 0 Å². The molecule has 446 valence electrons. The molecule has 0 aromatic heterocycles. The minimum atomic E-state index is -0.784. The average molecular weight is 1080 g/mol. The standard InChI is InChI=1S/C71H126O6/c1-4-7-10-13-16-19-22-25-28-30-32-33-34-35-36-37-39-40-43-46-49-52-55-58-61-64-70(73)76-67-68(66-75-69(72)63-60-57-54-51-48-45-42-27-24-21-18-15-12-9-6-3)77-71(74)65-62-59-56-53-50-47-44-41-38-31-29-26-23-20-17-14-11-8-5-2/h17,20,22,25-27,29-30,32,34-35,42,68H,4-16,18-19,21,23-24,28,31,33,36-41,43-67H2,1-3H3/b20-17-,25-22-,29-26-,32-30-,35-34-,42-27-. The summed E-state index contributed by atoms with van der Waals surface area (Å²) in [7, 11) is 0. The van der Waals surface area contributed by atoms with Gasteiger partial charge in [-0.1, -0.05) is 280 Å². The minimum absolute atomic E-state index is 0.0802. The summed E-state index contributed by atoms with van der Waals surface area (Å²) in [5.74, 6) is -0.880. The summed E-state index contributed by atoms with van der Waals surface area (Å²) in [6.45, 7) is 6.63. The zero-order valence-electron chi connectivity index (χ0n) is 51.2. The summed E-state index contributed by atoms with van der Waals surface area (Å²) in [6, 6.07) is 0. The molecule has 0 aliphatic rings. The van der Waals surface area contributed by atoms with E-state index >= 15 is 0 Å². The van der Waals surface area contributed by atoms with Crippen molar-refractivity contribution in [3.63, 3.8) is 0 Å². The monoisotopic (exact) mass is 1070 g/mol. The van der Waals surface area contributed by atoms with Crippen molar-refractivity contribution in [3.05, 3.63) is 72.9 Å². The van der Waals surface area contributed by atoms with Crippen molar-refractivity contribution in [3.8, 4) is 0 Å². The van der Waals surface area contributed by atoms with Crippen LogP contribution in [-0.4, -0.2) is 37.2 Å². The molecular formula is C71H126O6. The van der Waals surface area contributed by atoms with Crippen LogP contribution >= 0.6 is 0 Å². The third-order valence-electron chi connectivity index (χ3n) is 14.7. The van der Waals surface area contributed by atoms with Gasteiger partial charge in [-0.25, -0.2) is 0 Å². The fourth-order valence-corrected chi connectivity index (χ4v) is 9.59. The van der Waals surface area contributed by atoms with Gasteiger partial charge in [0.15, 0.2) is 6.10 Å². The lowest BCUT2D eigenvalue weighted by atomic mass is 10.0. The van der Waals surface area contributed by atoms with Gasteiger partial charge in [-0.05, 0) is 116 Å². The third kappa shape index (κ3) is 63.6. The molecule has 0 aromatic carbocycles. The van der Waals surface area contributed by atoms with Gasteiger partial charge in [-0.15, -0.1) is 0 Å². The minimum Gasteiger partial charge on any atom is -0.462 e. The molecule has 77 heavy (non-hydrogen) atoms. The van der Waals surface area contributed by atoms with Gasteiger partial charge in [0, 0.05) is 19.3 Å². The van der Waals surface area contributed by atoms with Crippen LogP contribution in [0.15, 0.2) is 72.9 Å². The van der Waals surface area contributed by atoms with Crippen molar-refractivity contribution in [2.24, 2.45) is 0 Å². The van der Waals surface area contributed by atoms with E-state index in [-0.39, 0.29) is 31.1 Å². The van der Waals surface area contributed by atoms with E-state index in [2.05, 4.69) is 93.7 Å². The topological polar surface area (TPSA) is 78.9 Å². The van der Waals surface area contributed by atoms with Crippen molar-refractivity contribution in [2.75, 3.05) is 13.2 Å². The van der Waals surface area contributed by atoms with Crippen LogP contribution in [0.4, 0.5) is 0 Å². The summed E-state index contributed by atoms with van der Waals surface area (Å²) in [5.41, 5.74) is 0. The molecule has 0 bridgehead atoms. The van der Waals surface area contributed by atoms with Crippen molar-refractivity contribution in [1.29, 1.82) is 0 Å². The highest BCUT2D eigenvalue weighted by Crippen LogP contribution is 2.16. The Morgan fingerprint density at radius 2 is 0.468 bits per heavy atom. The molecule has 0 N–H and O–H groups in total. The highest BCUT2D eigenvalue weighted by molar-refractivity contribution is 5.71. The number of hydrogen-bond donors (Lipinski definition) is 0. The first-order valence-corrected chi connectivity index (χ1v) is 33.4. The molecule has 0 aliphatic heterocycles. The van der Waals surface area contributed by atoms with Crippen LogP contribution in [0.5, 0.6) is 0 Å². The molecular weight excluding hydrogens is 949 g/mol. The molecule has 0 radical (unpaired) electrons. The SMILES string of the molecule is CCCCC/C=C\C/C=C\CCCCCCCCCCCC(=O)OC(COC(=O)CCCCCCC/C=C\CCCCCCCC)COC(=O)CCCCCCCCCCCC/C=C\C/C=C\C/C=C\CCCCCCC. The van der Waals surface area contributed by atoms with Crippen molar-refractivity contribution >= 4 is 17.9 Å². The molecule has 1 atom stereocenters. The Balaban J connectivity index is 4.34. The van der Waals surface area contributed by atoms with E-state index in [9.17, 15) is 14.4 Å². The lowest BCUT2D eigenvalue weighted by molar-refractivity contribution is -0.167. The van der Waals surface area contributed by atoms with Crippen molar-refractivity contribution in [2.45, 2.75) is 348 Å². The largest absolute Gasteiger partial charge is 0.462 e. The van der Waals surface area contributed by atoms with Crippen LogP contribution in [0.25, 0.3) is 0 Å². The molecule has 0 amide bonds. The van der Waals surface area contributed by atoms with E-state index in [1.165, 1.54) is 218 Å².